The van der Waals surface area contributed by atoms with Crippen molar-refractivity contribution in [1.29, 1.82) is 0 Å². The normalized spacial score (nSPS) is 13.1. The van der Waals surface area contributed by atoms with Crippen molar-refractivity contribution >= 4 is 92.8 Å². The lowest BCUT2D eigenvalue weighted by molar-refractivity contribution is -0.116. The summed E-state index contributed by atoms with van der Waals surface area (Å²) in [6.45, 7) is 7.80. The summed E-state index contributed by atoms with van der Waals surface area (Å²) >= 11 is 15.2. The highest BCUT2D eigenvalue weighted by Crippen LogP contribution is 2.41. The fraction of sp³-hybridized carbons (Fsp3) is 0.222. The summed E-state index contributed by atoms with van der Waals surface area (Å²) in [4.78, 5) is 70.8. The van der Waals surface area contributed by atoms with Crippen LogP contribution >= 0.6 is 46.3 Å². The van der Waals surface area contributed by atoms with E-state index in [1.165, 1.54) is 29.2 Å². The molecule has 4 aromatic carbocycles. The van der Waals surface area contributed by atoms with E-state index in [0.29, 0.717) is 45.2 Å². The van der Waals surface area contributed by atoms with Crippen LogP contribution in [0, 0.1) is 0 Å². The average molecular weight is 886 g/mol. The SMILES string of the molecule is CCOC(=O)c1c(NC(=O)C(Sc2cccc(NC(=O)/C(=C\c3cccc(Cl)c3Cl)NC(=O)c3ccccc3)c2)c2ccccc2)sc2c1CCN(C(=O)OC(C)(C)C)C2. The molecule has 60 heavy (non-hydrogen) atoms. The van der Waals surface area contributed by atoms with Crippen molar-refractivity contribution in [3.05, 3.63) is 152 Å². The number of thioether (sulfide) groups is 1. The Balaban J connectivity index is 1.26. The first-order valence-corrected chi connectivity index (χ1v) is 21.4. The van der Waals surface area contributed by atoms with Crippen molar-refractivity contribution in [2.75, 3.05) is 23.8 Å². The Morgan fingerprint density at radius 2 is 1.60 bits per heavy atom. The van der Waals surface area contributed by atoms with E-state index in [-0.39, 0.29) is 34.5 Å². The largest absolute Gasteiger partial charge is 0.462 e. The number of amides is 4. The molecule has 0 bridgehead atoms. The number of fused-ring (bicyclic) bond motifs is 1. The molecule has 0 spiro atoms. The molecule has 0 saturated heterocycles. The third-order valence-corrected chi connectivity index (χ3v) is 12.1. The highest BCUT2D eigenvalue weighted by atomic mass is 35.5. The van der Waals surface area contributed by atoms with Crippen molar-refractivity contribution in [2.45, 2.75) is 56.4 Å². The Labute approximate surface area is 366 Å². The predicted molar refractivity (Wildman–Crippen MR) is 238 cm³/mol. The van der Waals surface area contributed by atoms with E-state index in [9.17, 15) is 24.0 Å². The number of carbonyl (C=O) groups excluding carboxylic acids is 5. The summed E-state index contributed by atoms with van der Waals surface area (Å²) in [7, 11) is 0. The zero-order chi connectivity index (χ0) is 43.0. The van der Waals surface area contributed by atoms with E-state index < -0.39 is 40.6 Å². The number of carbonyl (C=O) groups is 5. The van der Waals surface area contributed by atoms with Crippen LogP contribution in [0.1, 0.15) is 75.2 Å². The lowest BCUT2D eigenvalue weighted by Crippen LogP contribution is -2.39. The van der Waals surface area contributed by atoms with Gasteiger partial charge in [-0.15, -0.1) is 23.1 Å². The maximum Gasteiger partial charge on any atom is 0.410 e. The maximum atomic E-state index is 14.4. The van der Waals surface area contributed by atoms with Gasteiger partial charge in [0.15, 0.2) is 0 Å². The number of hydrogen-bond donors (Lipinski definition) is 3. The van der Waals surface area contributed by atoms with Gasteiger partial charge in [0, 0.05) is 27.6 Å². The van der Waals surface area contributed by atoms with Gasteiger partial charge in [-0.1, -0.05) is 89.9 Å². The molecule has 1 atom stereocenters. The Morgan fingerprint density at radius 3 is 2.30 bits per heavy atom. The fourth-order valence-electron chi connectivity index (χ4n) is 6.18. The van der Waals surface area contributed by atoms with Crippen molar-refractivity contribution in [3.8, 4) is 0 Å². The summed E-state index contributed by atoms with van der Waals surface area (Å²) in [5.41, 5.74) is 2.08. The third-order valence-electron chi connectivity index (χ3n) is 8.92. The van der Waals surface area contributed by atoms with Crippen LogP contribution in [0.5, 0.6) is 0 Å². The molecule has 3 N–H and O–H groups in total. The zero-order valence-corrected chi connectivity index (χ0v) is 36.3. The second-order valence-electron chi connectivity index (χ2n) is 14.5. The van der Waals surface area contributed by atoms with Gasteiger partial charge in [0.25, 0.3) is 11.8 Å². The molecule has 0 fully saturated rings. The lowest BCUT2D eigenvalue weighted by atomic mass is 10.0. The van der Waals surface area contributed by atoms with E-state index in [4.69, 9.17) is 32.7 Å². The number of rotatable bonds is 12. The van der Waals surface area contributed by atoms with Crippen molar-refractivity contribution < 1.29 is 33.4 Å². The van der Waals surface area contributed by atoms with Gasteiger partial charge in [-0.05, 0) is 93.3 Å². The lowest BCUT2D eigenvalue weighted by Gasteiger charge is -2.30. The number of benzene rings is 4. The molecule has 5 aromatic rings. The zero-order valence-electron chi connectivity index (χ0n) is 33.2. The third kappa shape index (κ3) is 11.2. The second kappa shape index (κ2) is 19.6. The van der Waals surface area contributed by atoms with Gasteiger partial charge < -0.3 is 30.3 Å². The summed E-state index contributed by atoms with van der Waals surface area (Å²) in [6.07, 6.45) is 1.36. The monoisotopic (exact) mass is 884 g/mol. The van der Waals surface area contributed by atoms with Crippen LogP contribution in [0.2, 0.25) is 10.0 Å². The Hall–Kier alpha value is -5.60. The number of thiophene rings is 1. The number of anilines is 2. The molecule has 310 valence electrons. The molecule has 15 heteroatoms. The Morgan fingerprint density at radius 1 is 0.900 bits per heavy atom. The van der Waals surface area contributed by atoms with Gasteiger partial charge in [0.2, 0.25) is 5.91 Å². The number of nitrogens with zero attached hydrogens (tertiary/aromatic N) is 1. The molecular formula is C45H42Cl2N4O7S2. The van der Waals surface area contributed by atoms with Crippen LogP contribution in [-0.2, 0) is 32.0 Å². The van der Waals surface area contributed by atoms with Crippen LogP contribution < -0.4 is 16.0 Å². The van der Waals surface area contributed by atoms with E-state index in [1.54, 1.807) is 99.3 Å². The van der Waals surface area contributed by atoms with Gasteiger partial charge in [0.05, 0.1) is 28.8 Å². The van der Waals surface area contributed by atoms with Gasteiger partial charge >= 0.3 is 12.1 Å². The minimum absolute atomic E-state index is 0.0853. The fourth-order valence-corrected chi connectivity index (χ4v) is 8.88. The van der Waals surface area contributed by atoms with Crippen molar-refractivity contribution in [1.82, 2.24) is 10.2 Å². The summed E-state index contributed by atoms with van der Waals surface area (Å²) < 4.78 is 11.0. The molecular weight excluding hydrogens is 844 g/mol. The molecule has 0 aliphatic carbocycles. The van der Waals surface area contributed by atoms with Crippen molar-refractivity contribution in [2.24, 2.45) is 0 Å². The predicted octanol–water partition coefficient (Wildman–Crippen LogP) is 10.4. The standard InChI is InChI=1S/C45H42Cl2N4O7S2/c1-5-57-43(55)36-32-22-23-51(44(56)58-45(2,3)4)26-35(32)60-42(36)50-41(54)38(27-14-8-6-9-15-27)59-31-20-13-19-30(25-31)48-40(53)34(24-29-18-12-21-33(46)37(29)47)49-39(52)28-16-10-7-11-17-28/h6-21,24-25,38H,5,22-23,26H2,1-4H3,(H,48,53)(H,49,52)(H,50,54)/b34-24+. The van der Waals surface area contributed by atoms with Gasteiger partial charge in [0.1, 0.15) is 21.5 Å². The number of hydrogen-bond acceptors (Lipinski definition) is 9. The molecule has 11 nitrogen and oxygen atoms in total. The number of ether oxygens (including phenoxy) is 2. The maximum absolute atomic E-state index is 14.4. The van der Waals surface area contributed by atoms with Crippen LogP contribution in [0.25, 0.3) is 6.08 Å². The Bertz CT molecular complexity index is 2440. The molecule has 4 amide bonds. The van der Waals surface area contributed by atoms with Crippen LogP contribution in [0.4, 0.5) is 15.5 Å². The van der Waals surface area contributed by atoms with Gasteiger partial charge in [-0.2, -0.15) is 0 Å². The summed E-state index contributed by atoms with van der Waals surface area (Å²) in [5.74, 6) is -2.10. The number of nitrogens with one attached hydrogen (secondary N) is 3. The number of halogens is 2. The summed E-state index contributed by atoms with van der Waals surface area (Å²) in [6, 6.07) is 29.5. The molecule has 1 aliphatic heterocycles. The van der Waals surface area contributed by atoms with Crippen molar-refractivity contribution in [3.63, 3.8) is 0 Å². The van der Waals surface area contributed by atoms with E-state index in [1.807, 2.05) is 36.4 Å². The molecule has 1 aliphatic rings. The van der Waals surface area contributed by atoms with Crippen LogP contribution in [-0.4, -0.2) is 53.4 Å². The molecule has 2 heterocycles. The van der Waals surface area contributed by atoms with Gasteiger partial charge in [-0.3, -0.25) is 14.4 Å². The first-order valence-electron chi connectivity index (χ1n) is 19.0. The Kier molecular flexibility index (Phi) is 14.4. The minimum Gasteiger partial charge on any atom is -0.462 e. The average Bonchev–Trinajstić information content (AvgIpc) is 3.58. The smallest absolute Gasteiger partial charge is 0.410 e. The van der Waals surface area contributed by atoms with E-state index >= 15 is 0 Å². The quantitative estimate of drug-likeness (QED) is 0.0639. The van der Waals surface area contributed by atoms with Gasteiger partial charge in [-0.25, -0.2) is 9.59 Å². The first kappa shape index (κ1) is 44.0. The van der Waals surface area contributed by atoms with Crippen LogP contribution in [0.3, 0.4) is 0 Å². The van der Waals surface area contributed by atoms with Crippen LogP contribution in [0.15, 0.2) is 114 Å². The molecule has 1 aromatic heterocycles. The molecule has 1 unspecified atom stereocenters. The molecule has 6 rings (SSSR count). The van der Waals surface area contributed by atoms with E-state index in [0.717, 1.165) is 10.4 Å². The minimum atomic E-state index is -0.810. The topological polar surface area (TPSA) is 143 Å². The highest BCUT2D eigenvalue weighted by molar-refractivity contribution is 8.00. The second-order valence-corrected chi connectivity index (χ2v) is 17.6. The highest BCUT2D eigenvalue weighted by Gasteiger charge is 2.34. The molecule has 0 saturated carbocycles. The molecule has 0 radical (unpaired) electrons. The first-order chi connectivity index (χ1) is 28.7. The van der Waals surface area contributed by atoms with E-state index in [2.05, 4.69) is 16.0 Å². The summed E-state index contributed by atoms with van der Waals surface area (Å²) in [5, 5.41) is 8.59. The number of esters is 1.